The van der Waals surface area contributed by atoms with Gasteiger partial charge in [-0.3, -0.25) is 0 Å². The van der Waals surface area contributed by atoms with Crippen molar-refractivity contribution in [3.63, 3.8) is 0 Å². The van der Waals surface area contributed by atoms with E-state index in [1.807, 2.05) is 0 Å². The van der Waals surface area contributed by atoms with Crippen molar-refractivity contribution in [2.75, 3.05) is 11.5 Å². The summed E-state index contributed by atoms with van der Waals surface area (Å²) in [5.74, 6) is 3.02. The quantitative estimate of drug-likeness (QED) is 0.472. The fraction of sp³-hybridized carbons (Fsp3) is 1.00. The molecule has 0 aromatic rings. The van der Waals surface area contributed by atoms with Crippen LogP contribution in [0.2, 0.25) is 16.9 Å². The van der Waals surface area contributed by atoms with Crippen LogP contribution in [0, 0.1) is 0 Å². The van der Waals surface area contributed by atoms with E-state index in [0.29, 0.717) is 41.8 Å². The van der Waals surface area contributed by atoms with Crippen LogP contribution in [0.25, 0.3) is 0 Å². The Kier molecular flexibility index (Phi) is 4.29. The van der Waals surface area contributed by atoms with E-state index in [0.717, 1.165) is 10.5 Å². The van der Waals surface area contributed by atoms with Crippen LogP contribution >= 0.6 is 23.5 Å². The van der Waals surface area contributed by atoms with Crippen molar-refractivity contribution >= 4 is 65.4 Å². The molecule has 0 aromatic carbocycles. The standard InChI is InChI=1S/C10H16S2Te2/c1-2-14-10(4-8-6-12-8)9(13-1)3-7-5-11-7/h7-10H,1-6H2. The normalized spacial score (nSPS) is 46.3. The van der Waals surface area contributed by atoms with Gasteiger partial charge in [0.05, 0.1) is 0 Å². The third-order valence-electron chi connectivity index (χ3n) is 2.96. The third kappa shape index (κ3) is 3.38. The number of hydrogen-bond donors (Lipinski definition) is 0. The average molecular weight is 456 g/mol. The summed E-state index contributed by atoms with van der Waals surface area (Å²) in [4.78, 5) is 0. The Labute approximate surface area is 116 Å². The first-order valence-electron chi connectivity index (χ1n) is 5.38. The molecule has 0 amide bonds. The van der Waals surface area contributed by atoms with Crippen molar-refractivity contribution in [2.45, 2.75) is 40.2 Å². The molecule has 0 aliphatic carbocycles. The number of hydrogen-bond acceptors (Lipinski definition) is 2. The molecule has 3 fully saturated rings. The Balaban J connectivity index is 1.52. The molecule has 0 saturated carbocycles. The molecule has 3 aliphatic rings. The van der Waals surface area contributed by atoms with Gasteiger partial charge in [-0.1, -0.05) is 0 Å². The van der Waals surface area contributed by atoms with Crippen molar-refractivity contribution in [1.29, 1.82) is 0 Å². The molecule has 0 spiro atoms. The van der Waals surface area contributed by atoms with Gasteiger partial charge in [-0.15, -0.1) is 0 Å². The van der Waals surface area contributed by atoms with E-state index < -0.39 is 0 Å². The van der Waals surface area contributed by atoms with Gasteiger partial charge in [-0.05, 0) is 0 Å². The molecule has 3 heterocycles. The van der Waals surface area contributed by atoms with Crippen LogP contribution in [0.1, 0.15) is 12.8 Å². The molecule has 3 aliphatic heterocycles. The Morgan fingerprint density at radius 2 is 1.29 bits per heavy atom. The van der Waals surface area contributed by atoms with Crippen LogP contribution in [-0.4, -0.2) is 63.9 Å². The number of thioether (sulfide) groups is 2. The molecule has 0 bridgehead atoms. The van der Waals surface area contributed by atoms with Gasteiger partial charge in [0.15, 0.2) is 0 Å². The van der Waals surface area contributed by atoms with E-state index in [-0.39, 0.29) is 0 Å². The summed E-state index contributed by atoms with van der Waals surface area (Å²) in [6, 6.07) is 0. The van der Waals surface area contributed by atoms with Gasteiger partial charge >= 0.3 is 117 Å². The zero-order valence-corrected chi connectivity index (χ0v) is 14.5. The zero-order valence-electron chi connectivity index (χ0n) is 8.19. The van der Waals surface area contributed by atoms with E-state index >= 15 is 0 Å². The fourth-order valence-corrected chi connectivity index (χ4v) is 16.9. The maximum atomic E-state index is 2.23. The Hall–Kier alpha value is 2.28. The van der Waals surface area contributed by atoms with Gasteiger partial charge in [-0.2, -0.15) is 0 Å². The molecule has 4 atom stereocenters. The third-order valence-corrected chi connectivity index (χ3v) is 17.0. The second-order valence-corrected chi connectivity index (χ2v) is 14.6. The monoisotopic (exact) mass is 460 g/mol. The summed E-state index contributed by atoms with van der Waals surface area (Å²) in [5.41, 5.74) is 0. The summed E-state index contributed by atoms with van der Waals surface area (Å²) in [6.45, 7) is 0. The van der Waals surface area contributed by atoms with Crippen LogP contribution in [0.15, 0.2) is 0 Å². The van der Waals surface area contributed by atoms with E-state index in [1.165, 1.54) is 19.4 Å². The van der Waals surface area contributed by atoms with Crippen LogP contribution in [0.5, 0.6) is 0 Å². The molecule has 0 N–H and O–H groups in total. The zero-order chi connectivity index (χ0) is 9.38. The summed E-state index contributed by atoms with van der Waals surface area (Å²) >= 11 is 5.35. The Bertz CT molecular complexity index is 182. The molecule has 3 rings (SSSR count). The molecule has 3 saturated heterocycles. The van der Waals surface area contributed by atoms with Crippen molar-refractivity contribution in [2.24, 2.45) is 0 Å². The maximum absolute atomic E-state index is 2.23. The van der Waals surface area contributed by atoms with Crippen molar-refractivity contribution in [1.82, 2.24) is 0 Å². The molecular formula is C10H16S2Te2. The van der Waals surface area contributed by atoms with E-state index in [2.05, 4.69) is 23.5 Å². The van der Waals surface area contributed by atoms with Gasteiger partial charge in [0.1, 0.15) is 0 Å². The minimum atomic E-state index is 0.445. The fourth-order valence-electron chi connectivity index (χ4n) is 1.98. The molecular weight excluding hydrogens is 439 g/mol. The summed E-state index contributed by atoms with van der Waals surface area (Å²) in [7, 11) is 0. The molecule has 0 nitrogen and oxygen atoms in total. The molecule has 4 unspecified atom stereocenters. The van der Waals surface area contributed by atoms with E-state index in [9.17, 15) is 0 Å². The minimum absolute atomic E-state index is 0.445. The van der Waals surface area contributed by atoms with Gasteiger partial charge in [-0.25, -0.2) is 0 Å². The second kappa shape index (κ2) is 5.28. The first-order chi connectivity index (χ1) is 6.92. The van der Waals surface area contributed by atoms with Crippen molar-refractivity contribution in [3.05, 3.63) is 0 Å². The van der Waals surface area contributed by atoms with E-state index in [1.54, 1.807) is 21.8 Å². The average Bonchev–Trinajstić information content (AvgIpc) is 3.01. The SMILES string of the molecule is C1C[Te]C(CC2CS2)C(CC2CS2)[Te]1. The van der Waals surface area contributed by atoms with Crippen LogP contribution in [0.4, 0.5) is 0 Å². The topological polar surface area (TPSA) is 0 Å². The predicted molar refractivity (Wildman–Crippen MR) is 70.3 cm³/mol. The van der Waals surface area contributed by atoms with Gasteiger partial charge in [0.2, 0.25) is 0 Å². The molecule has 4 heteroatoms. The van der Waals surface area contributed by atoms with Crippen molar-refractivity contribution < 1.29 is 0 Å². The molecule has 0 aromatic heterocycles. The Morgan fingerprint density at radius 1 is 0.857 bits per heavy atom. The first kappa shape index (κ1) is 11.4. The molecule has 14 heavy (non-hydrogen) atoms. The van der Waals surface area contributed by atoms with Gasteiger partial charge < -0.3 is 0 Å². The van der Waals surface area contributed by atoms with Crippen molar-refractivity contribution in [3.8, 4) is 0 Å². The summed E-state index contributed by atoms with van der Waals surface area (Å²) in [6.07, 6.45) is 3.30. The van der Waals surface area contributed by atoms with Crippen LogP contribution in [-0.2, 0) is 0 Å². The second-order valence-electron chi connectivity index (χ2n) is 4.20. The molecule has 80 valence electrons. The van der Waals surface area contributed by atoms with Crippen LogP contribution in [0.3, 0.4) is 0 Å². The van der Waals surface area contributed by atoms with Gasteiger partial charge in [0, 0.05) is 0 Å². The van der Waals surface area contributed by atoms with Gasteiger partial charge in [0.25, 0.3) is 0 Å². The Morgan fingerprint density at radius 3 is 1.64 bits per heavy atom. The number of rotatable bonds is 4. The molecule has 0 radical (unpaired) electrons. The van der Waals surface area contributed by atoms with Crippen LogP contribution < -0.4 is 0 Å². The summed E-state index contributed by atoms with van der Waals surface area (Å²) < 4.78 is 6.03. The first-order valence-corrected chi connectivity index (χ1v) is 13.5. The predicted octanol–water partition coefficient (Wildman–Crippen LogP) is 2.83. The van der Waals surface area contributed by atoms with E-state index in [4.69, 9.17) is 0 Å². The summed E-state index contributed by atoms with van der Waals surface area (Å²) in [5, 5.41) is 2.26.